The molecule has 0 radical (unpaired) electrons. The Morgan fingerprint density at radius 3 is 2.48 bits per heavy atom. The zero-order valence-electron chi connectivity index (χ0n) is 16.6. The predicted octanol–water partition coefficient (Wildman–Crippen LogP) is 3.03. The van der Waals surface area contributed by atoms with E-state index in [1.54, 1.807) is 19.1 Å². The normalized spacial score (nSPS) is 15.6. The summed E-state index contributed by atoms with van der Waals surface area (Å²) in [6, 6.07) is 7.48. The Kier molecular flexibility index (Phi) is 5.33. The summed E-state index contributed by atoms with van der Waals surface area (Å²) < 4.78 is 2.01. The molecular weight excluding hydrogens is 338 g/mol. The van der Waals surface area contributed by atoms with Gasteiger partial charge in [-0.3, -0.25) is 14.4 Å². The fourth-order valence-corrected chi connectivity index (χ4v) is 3.37. The number of carbonyl (C=O) groups is 1. The van der Waals surface area contributed by atoms with Gasteiger partial charge in [-0.1, -0.05) is 0 Å². The molecule has 142 valence electrons. The SMILES string of the molecule is CC(=O)c1ccc(C#N)cc1N1CCN(Cc2cnn(C(C)(C)C)c2)CC1. The van der Waals surface area contributed by atoms with Crippen molar-refractivity contribution in [1.29, 1.82) is 5.26 Å². The smallest absolute Gasteiger partial charge is 0.161 e. The average molecular weight is 365 g/mol. The summed E-state index contributed by atoms with van der Waals surface area (Å²) in [6.45, 7) is 12.4. The molecule has 2 heterocycles. The molecule has 1 aliphatic heterocycles. The third-order valence-corrected chi connectivity index (χ3v) is 4.95. The van der Waals surface area contributed by atoms with Crippen LogP contribution in [0.2, 0.25) is 0 Å². The maximum Gasteiger partial charge on any atom is 0.161 e. The molecular formula is C21H27N5O. The average Bonchev–Trinajstić information content (AvgIpc) is 3.10. The van der Waals surface area contributed by atoms with E-state index in [1.807, 2.05) is 16.9 Å². The van der Waals surface area contributed by atoms with Gasteiger partial charge in [0.1, 0.15) is 0 Å². The highest BCUT2D eigenvalue weighted by molar-refractivity contribution is 6.00. The molecule has 0 N–H and O–H groups in total. The van der Waals surface area contributed by atoms with Crippen molar-refractivity contribution in [2.75, 3.05) is 31.1 Å². The van der Waals surface area contributed by atoms with Crippen molar-refractivity contribution in [3.63, 3.8) is 0 Å². The van der Waals surface area contributed by atoms with E-state index in [4.69, 9.17) is 0 Å². The molecule has 1 fully saturated rings. The molecule has 1 aliphatic rings. The van der Waals surface area contributed by atoms with Crippen LogP contribution in [0.4, 0.5) is 5.69 Å². The number of ketones is 1. The van der Waals surface area contributed by atoms with E-state index >= 15 is 0 Å². The number of piperazine rings is 1. The van der Waals surface area contributed by atoms with Crippen molar-refractivity contribution >= 4 is 11.5 Å². The highest BCUT2D eigenvalue weighted by Crippen LogP contribution is 2.25. The maximum absolute atomic E-state index is 12.0. The van der Waals surface area contributed by atoms with Crippen molar-refractivity contribution in [2.24, 2.45) is 0 Å². The number of nitrogens with zero attached hydrogens (tertiary/aromatic N) is 5. The van der Waals surface area contributed by atoms with E-state index in [1.165, 1.54) is 5.56 Å². The van der Waals surface area contributed by atoms with E-state index in [-0.39, 0.29) is 11.3 Å². The number of rotatable bonds is 4. The Balaban J connectivity index is 1.66. The summed E-state index contributed by atoms with van der Waals surface area (Å²) in [5, 5.41) is 13.7. The quantitative estimate of drug-likeness (QED) is 0.779. The van der Waals surface area contributed by atoms with Gasteiger partial charge < -0.3 is 4.90 Å². The van der Waals surface area contributed by atoms with Crippen LogP contribution in [-0.2, 0) is 12.1 Å². The number of anilines is 1. The first-order valence-corrected chi connectivity index (χ1v) is 9.34. The van der Waals surface area contributed by atoms with Crippen molar-refractivity contribution < 1.29 is 4.79 Å². The van der Waals surface area contributed by atoms with Crippen molar-refractivity contribution in [3.8, 4) is 6.07 Å². The molecule has 0 amide bonds. The van der Waals surface area contributed by atoms with Crippen LogP contribution in [0.5, 0.6) is 0 Å². The number of carbonyl (C=O) groups excluding carboxylic acids is 1. The van der Waals surface area contributed by atoms with Crippen molar-refractivity contribution in [2.45, 2.75) is 39.8 Å². The Morgan fingerprint density at radius 2 is 1.93 bits per heavy atom. The van der Waals surface area contributed by atoms with E-state index in [0.29, 0.717) is 11.1 Å². The molecule has 27 heavy (non-hydrogen) atoms. The minimum absolute atomic E-state index is 0.00814. The molecule has 0 saturated carbocycles. The molecule has 2 aromatic rings. The summed E-state index contributed by atoms with van der Waals surface area (Å²) in [4.78, 5) is 16.6. The van der Waals surface area contributed by atoms with Crippen LogP contribution >= 0.6 is 0 Å². The number of benzene rings is 1. The van der Waals surface area contributed by atoms with Gasteiger partial charge in [-0.05, 0) is 45.9 Å². The zero-order valence-corrected chi connectivity index (χ0v) is 16.6. The summed E-state index contributed by atoms with van der Waals surface area (Å²) >= 11 is 0. The molecule has 0 spiro atoms. The van der Waals surface area contributed by atoms with Crippen LogP contribution in [0.3, 0.4) is 0 Å². The number of nitriles is 1. The highest BCUT2D eigenvalue weighted by atomic mass is 16.1. The molecule has 0 bridgehead atoms. The summed E-state index contributed by atoms with van der Waals surface area (Å²) in [5.41, 5.74) is 3.36. The first-order chi connectivity index (χ1) is 12.8. The Morgan fingerprint density at radius 1 is 1.22 bits per heavy atom. The lowest BCUT2D eigenvalue weighted by Gasteiger charge is -2.36. The van der Waals surface area contributed by atoms with Gasteiger partial charge in [-0.25, -0.2) is 0 Å². The van der Waals surface area contributed by atoms with Gasteiger partial charge >= 0.3 is 0 Å². The second kappa shape index (κ2) is 7.53. The predicted molar refractivity (Wildman–Crippen MR) is 106 cm³/mol. The molecule has 6 heteroatoms. The first kappa shape index (κ1) is 19.1. The van der Waals surface area contributed by atoms with Gasteiger partial charge in [0.2, 0.25) is 0 Å². The molecule has 0 atom stereocenters. The Hall–Kier alpha value is -2.65. The number of aromatic nitrogens is 2. The largest absolute Gasteiger partial charge is 0.368 e. The lowest BCUT2D eigenvalue weighted by atomic mass is 10.0. The van der Waals surface area contributed by atoms with Crippen LogP contribution in [-0.4, -0.2) is 46.6 Å². The molecule has 3 rings (SSSR count). The third kappa shape index (κ3) is 4.37. The summed E-state index contributed by atoms with van der Waals surface area (Å²) in [7, 11) is 0. The minimum Gasteiger partial charge on any atom is -0.368 e. The van der Waals surface area contributed by atoms with Crippen LogP contribution in [0, 0.1) is 11.3 Å². The van der Waals surface area contributed by atoms with E-state index in [2.05, 4.69) is 47.9 Å². The van der Waals surface area contributed by atoms with E-state index < -0.39 is 0 Å². The molecule has 1 aromatic heterocycles. The highest BCUT2D eigenvalue weighted by Gasteiger charge is 2.22. The van der Waals surface area contributed by atoms with Crippen molar-refractivity contribution in [1.82, 2.24) is 14.7 Å². The van der Waals surface area contributed by atoms with Crippen LogP contribution in [0.25, 0.3) is 0 Å². The lowest BCUT2D eigenvalue weighted by molar-refractivity contribution is 0.101. The summed E-state index contributed by atoms with van der Waals surface area (Å²) in [5.74, 6) is 0.0338. The van der Waals surface area contributed by atoms with Gasteiger partial charge in [0.25, 0.3) is 0 Å². The first-order valence-electron chi connectivity index (χ1n) is 9.34. The van der Waals surface area contributed by atoms with Crippen LogP contribution in [0.15, 0.2) is 30.6 Å². The maximum atomic E-state index is 12.0. The second-order valence-corrected chi connectivity index (χ2v) is 8.13. The number of Topliss-reactive ketones (excluding diaryl/α,β-unsaturated/α-hetero) is 1. The molecule has 1 saturated heterocycles. The lowest BCUT2D eigenvalue weighted by Crippen LogP contribution is -2.46. The third-order valence-electron chi connectivity index (χ3n) is 4.95. The molecule has 0 aliphatic carbocycles. The van der Waals surface area contributed by atoms with Crippen molar-refractivity contribution in [3.05, 3.63) is 47.3 Å². The number of hydrogen-bond donors (Lipinski definition) is 0. The molecule has 6 nitrogen and oxygen atoms in total. The van der Waals surface area contributed by atoms with Crippen LogP contribution < -0.4 is 4.90 Å². The van der Waals surface area contributed by atoms with E-state index in [0.717, 1.165) is 38.4 Å². The molecule has 1 aromatic carbocycles. The molecule has 0 unspecified atom stereocenters. The van der Waals surface area contributed by atoms with Crippen LogP contribution in [0.1, 0.15) is 49.2 Å². The Labute approximate surface area is 161 Å². The standard InChI is InChI=1S/C21H27N5O/c1-16(27)19-6-5-17(12-22)11-20(19)25-9-7-24(8-10-25)14-18-13-23-26(15-18)21(2,3)4/h5-6,11,13,15H,7-10,14H2,1-4H3. The summed E-state index contributed by atoms with van der Waals surface area (Å²) in [6.07, 6.45) is 4.07. The second-order valence-electron chi connectivity index (χ2n) is 8.13. The van der Waals surface area contributed by atoms with Gasteiger partial charge in [-0.15, -0.1) is 0 Å². The number of hydrogen-bond acceptors (Lipinski definition) is 5. The minimum atomic E-state index is -0.00814. The topological polar surface area (TPSA) is 65.2 Å². The fourth-order valence-electron chi connectivity index (χ4n) is 3.37. The fraction of sp³-hybridized carbons (Fsp3) is 0.476. The van der Waals surface area contributed by atoms with Gasteiger partial charge in [0.15, 0.2) is 5.78 Å². The van der Waals surface area contributed by atoms with Gasteiger partial charge in [0, 0.05) is 55.7 Å². The zero-order chi connectivity index (χ0) is 19.6. The van der Waals surface area contributed by atoms with E-state index in [9.17, 15) is 10.1 Å². The monoisotopic (exact) mass is 365 g/mol. The Bertz CT molecular complexity index is 863. The van der Waals surface area contributed by atoms with Gasteiger partial charge in [-0.2, -0.15) is 10.4 Å². The van der Waals surface area contributed by atoms with Gasteiger partial charge in [0.05, 0.1) is 23.4 Å².